The van der Waals surface area contributed by atoms with Gasteiger partial charge in [-0.05, 0) is 55.2 Å². The smallest absolute Gasteiger partial charge is 0.226 e. The highest BCUT2D eigenvalue weighted by atomic mass is 35.5. The van der Waals surface area contributed by atoms with E-state index in [0.717, 1.165) is 28.8 Å². The third-order valence-corrected chi connectivity index (χ3v) is 4.62. The first kappa shape index (κ1) is 19.1. The van der Waals surface area contributed by atoms with Gasteiger partial charge in [0.15, 0.2) is 0 Å². The van der Waals surface area contributed by atoms with Crippen LogP contribution >= 0.6 is 11.6 Å². The van der Waals surface area contributed by atoms with Crippen LogP contribution in [-0.2, 0) is 17.6 Å². The molecule has 2 aromatic carbocycles. The summed E-state index contributed by atoms with van der Waals surface area (Å²) in [6.45, 7) is 4.09. The molecule has 0 fully saturated rings. The van der Waals surface area contributed by atoms with Crippen LogP contribution in [0.2, 0.25) is 5.02 Å². The highest BCUT2D eigenvalue weighted by molar-refractivity contribution is 6.30. The Hall–Kier alpha value is -2.66. The molecule has 3 aromatic rings. The third-order valence-electron chi connectivity index (χ3n) is 4.37. The van der Waals surface area contributed by atoms with Crippen molar-refractivity contribution in [2.45, 2.75) is 39.5 Å². The molecule has 3 rings (SSSR count). The molecule has 0 radical (unpaired) electrons. The minimum Gasteiger partial charge on any atom is -0.339 e. The number of hydrogen-bond donors (Lipinski definition) is 1. The molecule has 0 spiro atoms. The van der Waals surface area contributed by atoms with Crippen molar-refractivity contribution in [3.63, 3.8) is 0 Å². The second-order valence-corrected chi connectivity index (χ2v) is 6.82. The van der Waals surface area contributed by atoms with Crippen LogP contribution in [0, 0.1) is 6.92 Å². The minimum absolute atomic E-state index is 0.00330. The fraction of sp³-hybridized carbons (Fsp3) is 0.286. The lowest BCUT2D eigenvalue weighted by Crippen LogP contribution is -2.14. The summed E-state index contributed by atoms with van der Waals surface area (Å²) in [5.74, 6) is 1.05. The van der Waals surface area contributed by atoms with E-state index in [0.29, 0.717) is 36.0 Å². The maximum Gasteiger partial charge on any atom is 0.226 e. The molecule has 0 aliphatic rings. The van der Waals surface area contributed by atoms with Crippen molar-refractivity contribution in [3.05, 3.63) is 64.5 Å². The first-order valence-corrected chi connectivity index (χ1v) is 9.41. The topological polar surface area (TPSA) is 68.0 Å². The van der Waals surface area contributed by atoms with Gasteiger partial charge in [0.2, 0.25) is 17.6 Å². The first-order valence-electron chi connectivity index (χ1n) is 9.03. The van der Waals surface area contributed by atoms with E-state index in [-0.39, 0.29) is 5.91 Å². The number of carbonyl (C=O) groups is 1. The van der Waals surface area contributed by atoms with Crippen LogP contribution in [0.15, 0.2) is 47.0 Å². The molecule has 0 atom stereocenters. The predicted molar refractivity (Wildman–Crippen MR) is 107 cm³/mol. The summed E-state index contributed by atoms with van der Waals surface area (Å²) in [6, 6.07) is 13.3. The number of para-hydroxylation sites is 1. The standard InChI is InChI=1S/C21H22ClN3O2/c1-3-15-7-4-6-14(2)20(15)23-18(26)8-5-9-19-24-21(25-27-19)16-10-12-17(22)13-11-16/h4,6-7,10-13H,3,5,8-9H2,1-2H3,(H,23,26). The molecule has 6 heteroatoms. The number of amides is 1. The predicted octanol–water partition coefficient (Wildman–Crippen LogP) is 5.22. The summed E-state index contributed by atoms with van der Waals surface area (Å²) in [4.78, 5) is 16.7. The molecule has 0 saturated carbocycles. The van der Waals surface area contributed by atoms with E-state index in [1.165, 1.54) is 0 Å². The van der Waals surface area contributed by atoms with Gasteiger partial charge in [-0.1, -0.05) is 41.9 Å². The zero-order valence-corrected chi connectivity index (χ0v) is 16.2. The van der Waals surface area contributed by atoms with Crippen LogP contribution < -0.4 is 5.32 Å². The van der Waals surface area contributed by atoms with E-state index in [1.54, 1.807) is 12.1 Å². The van der Waals surface area contributed by atoms with Crippen LogP contribution in [0.1, 0.15) is 36.8 Å². The number of halogens is 1. The Morgan fingerprint density at radius 2 is 1.96 bits per heavy atom. The zero-order chi connectivity index (χ0) is 19.2. The lowest BCUT2D eigenvalue weighted by atomic mass is 10.1. The quantitative estimate of drug-likeness (QED) is 0.607. The molecule has 1 heterocycles. The SMILES string of the molecule is CCc1cccc(C)c1NC(=O)CCCc1nc(-c2ccc(Cl)cc2)no1. The van der Waals surface area contributed by atoms with Crippen molar-refractivity contribution in [1.29, 1.82) is 0 Å². The summed E-state index contributed by atoms with van der Waals surface area (Å²) in [7, 11) is 0. The monoisotopic (exact) mass is 383 g/mol. The van der Waals surface area contributed by atoms with Crippen LogP contribution in [0.25, 0.3) is 11.4 Å². The maximum atomic E-state index is 12.3. The summed E-state index contributed by atoms with van der Waals surface area (Å²) in [5, 5.41) is 7.68. The molecular weight excluding hydrogens is 362 g/mol. The van der Waals surface area contributed by atoms with Gasteiger partial charge < -0.3 is 9.84 Å². The molecular formula is C21H22ClN3O2. The van der Waals surface area contributed by atoms with Gasteiger partial charge in [-0.25, -0.2) is 0 Å². The summed E-state index contributed by atoms with van der Waals surface area (Å²) >= 11 is 5.89. The van der Waals surface area contributed by atoms with E-state index >= 15 is 0 Å². The van der Waals surface area contributed by atoms with Gasteiger partial charge in [0.05, 0.1) is 0 Å². The maximum absolute atomic E-state index is 12.3. The van der Waals surface area contributed by atoms with E-state index in [2.05, 4.69) is 22.4 Å². The number of nitrogens with one attached hydrogen (secondary N) is 1. The van der Waals surface area contributed by atoms with Gasteiger partial charge in [-0.15, -0.1) is 0 Å². The largest absolute Gasteiger partial charge is 0.339 e. The van der Waals surface area contributed by atoms with Crippen molar-refractivity contribution in [1.82, 2.24) is 10.1 Å². The third kappa shape index (κ3) is 4.95. The molecule has 0 aliphatic heterocycles. The summed E-state index contributed by atoms with van der Waals surface area (Å²) in [6.07, 6.45) is 2.48. The Bertz CT molecular complexity index is 919. The van der Waals surface area contributed by atoms with Crippen molar-refractivity contribution in [2.75, 3.05) is 5.32 Å². The Morgan fingerprint density at radius 3 is 2.70 bits per heavy atom. The number of aromatic nitrogens is 2. The Labute approximate surface area is 163 Å². The number of nitrogens with zero attached hydrogens (tertiary/aromatic N) is 2. The van der Waals surface area contributed by atoms with E-state index < -0.39 is 0 Å². The molecule has 1 amide bonds. The van der Waals surface area contributed by atoms with Crippen molar-refractivity contribution in [2.24, 2.45) is 0 Å². The Balaban J connectivity index is 1.53. The molecule has 140 valence electrons. The number of aryl methyl sites for hydroxylation is 3. The van der Waals surface area contributed by atoms with Gasteiger partial charge >= 0.3 is 0 Å². The van der Waals surface area contributed by atoms with E-state index in [9.17, 15) is 4.79 Å². The van der Waals surface area contributed by atoms with Crippen molar-refractivity contribution in [3.8, 4) is 11.4 Å². The van der Waals surface area contributed by atoms with Crippen LogP contribution in [0.3, 0.4) is 0 Å². The summed E-state index contributed by atoms with van der Waals surface area (Å²) in [5.41, 5.74) is 3.99. The molecule has 0 aliphatic carbocycles. The average molecular weight is 384 g/mol. The average Bonchev–Trinajstić information content (AvgIpc) is 3.13. The van der Waals surface area contributed by atoms with Crippen molar-refractivity contribution < 1.29 is 9.32 Å². The second kappa shape index (κ2) is 8.82. The van der Waals surface area contributed by atoms with Gasteiger partial charge in [-0.3, -0.25) is 4.79 Å². The minimum atomic E-state index is -0.00330. The summed E-state index contributed by atoms with van der Waals surface area (Å²) < 4.78 is 5.28. The van der Waals surface area contributed by atoms with Gasteiger partial charge in [0.25, 0.3) is 0 Å². The van der Waals surface area contributed by atoms with Crippen molar-refractivity contribution >= 4 is 23.2 Å². The van der Waals surface area contributed by atoms with E-state index in [1.807, 2.05) is 37.3 Å². The number of hydrogen-bond acceptors (Lipinski definition) is 4. The second-order valence-electron chi connectivity index (χ2n) is 6.38. The highest BCUT2D eigenvalue weighted by Crippen LogP contribution is 2.22. The van der Waals surface area contributed by atoms with Gasteiger partial charge in [0, 0.05) is 29.1 Å². The Morgan fingerprint density at radius 1 is 1.19 bits per heavy atom. The number of benzene rings is 2. The zero-order valence-electron chi connectivity index (χ0n) is 15.5. The molecule has 0 bridgehead atoms. The molecule has 27 heavy (non-hydrogen) atoms. The Kier molecular flexibility index (Phi) is 6.24. The molecule has 0 unspecified atom stereocenters. The molecule has 0 saturated heterocycles. The van der Waals surface area contributed by atoms with Crippen LogP contribution in [0.4, 0.5) is 5.69 Å². The molecule has 1 N–H and O–H groups in total. The number of anilines is 1. The van der Waals surface area contributed by atoms with Gasteiger partial charge in [0.1, 0.15) is 0 Å². The lowest BCUT2D eigenvalue weighted by Gasteiger charge is -2.12. The fourth-order valence-electron chi connectivity index (χ4n) is 2.88. The van der Waals surface area contributed by atoms with Gasteiger partial charge in [-0.2, -0.15) is 4.98 Å². The number of rotatable bonds is 7. The highest BCUT2D eigenvalue weighted by Gasteiger charge is 2.11. The normalized spacial score (nSPS) is 10.8. The first-order chi connectivity index (χ1) is 13.1. The van der Waals surface area contributed by atoms with E-state index in [4.69, 9.17) is 16.1 Å². The molecule has 5 nitrogen and oxygen atoms in total. The fourth-order valence-corrected chi connectivity index (χ4v) is 3.00. The van der Waals surface area contributed by atoms with Crippen LogP contribution in [-0.4, -0.2) is 16.0 Å². The van der Waals surface area contributed by atoms with Crippen LogP contribution in [0.5, 0.6) is 0 Å². The molecule has 1 aromatic heterocycles. The number of carbonyl (C=O) groups excluding carboxylic acids is 1. The lowest BCUT2D eigenvalue weighted by molar-refractivity contribution is -0.116.